The van der Waals surface area contributed by atoms with Crippen molar-refractivity contribution in [2.45, 2.75) is 38.5 Å². The molecular formula is C21H26N2O3. The quantitative estimate of drug-likeness (QED) is 0.618. The predicted octanol–water partition coefficient (Wildman–Crippen LogP) is 3.30. The molecule has 1 aliphatic rings. The van der Waals surface area contributed by atoms with Crippen LogP contribution in [0.3, 0.4) is 0 Å². The third-order valence-corrected chi connectivity index (χ3v) is 5.33. The highest BCUT2D eigenvalue weighted by molar-refractivity contribution is 5.90. The summed E-state index contributed by atoms with van der Waals surface area (Å²) in [5.74, 6) is 0.426. The van der Waals surface area contributed by atoms with Gasteiger partial charge in [0.25, 0.3) is 0 Å². The van der Waals surface area contributed by atoms with E-state index in [2.05, 4.69) is 18.2 Å². The fourth-order valence-corrected chi connectivity index (χ4v) is 3.80. The summed E-state index contributed by atoms with van der Waals surface area (Å²) < 4.78 is 0. The van der Waals surface area contributed by atoms with Crippen molar-refractivity contribution in [3.05, 3.63) is 48.0 Å². The normalized spacial score (nSPS) is 15.2. The van der Waals surface area contributed by atoms with E-state index in [1.165, 1.54) is 5.39 Å². The van der Waals surface area contributed by atoms with Crippen LogP contribution in [0.2, 0.25) is 0 Å². The summed E-state index contributed by atoms with van der Waals surface area (Å²) in [5, 5.41) is 10.8. The van der Waals surface area contributed by atoms with Crippen molar-refractivity contribution >= 4 is 22.6 Å². The molecule has 0 radical (unpaired) electrons. The topological polar surface area (TPSA) is 69.6 Å². The van der Waals surface area contributed by atoms with Crippen molar-refractivity contribution in [2.24, 2.45) is 5.92 Å². The van der Waals surface area contributed by atoms with E-state index in [-0.39, 0.29) is 11.8 Å². The standard InChI is InChI=1S/C21H26N2O3/c24-20(22-26)10-3-5-16-11-13-23(14-12-16)21(25)15-18-8-4-7-17-6-1-2-9-19(17)18/h1-2,4,6-9,16,26H,3,5,10-15H2,(H,22,24). The van der Waals surface area contributed by atoms with E-state index in [0.717, 1.165) is 49.7 Å². The summed E-state index contributed by atoms with van der Waals surface area (Å²) in [6, 6.07) is 14.3. The van der Waals surface area contributed by atoms with Gasteiger partial charge >= 0.3 is 0 Å². The maximum Gasteiger partial charge on any atom is 0.243 e. The number of hydroxylamine groups is 1. The van der Waals surface area contributed by atoms with Crippen molar-refractivity contribution in [3.8, 4) is 0 Å². The minimum atomic E-state index is -0.326. The van der Waals surface area contributed by atoms with Crippen molar-refractivity contribution in [1.82, 2.24) is 10.4 Å². The van der Waals surface area contributed by atoms with Gasteiger partial charge in [0, 0.05) is 19.5 Å². The summed E-state index contributed by atoms with van der Waals surface area (Å²) in [7, 11) is 0. The van der Waals surface area contributed by atoms with E-state index in [1.54, 1.807) is 5.48 Å². The van der Waals surface area contributed by atoms with E-state index in [9.17, 15) is 9.59 Å². The summed E-state index contributed by atoms with van der Waals surface area (Å²) >= 11 is 0. The van der Waals surface area contributed by atoms with Gasteiger partial charge in [0.1, 0.15) is 0 Å². The molecule has 2 amide bonds. The van der Waals surface area contributed by atoms with Gasteiger partial charge in [-0.3, -0.25) is 14.8 Å². The SMILES string of the molecule is O=C(CCCC1CCN(C(=O)Cc2cccc3ccccc23)CC1)NO. The van der Waals surface area contributed by atoms with Crippen molar-refractivity contribution in [1.29, 1.82) is 0 Å². The second-order valence-corrected chi connectivity index (χ2v) is 7.07. The van der Waals surface area contributed by atoms with E-state index in [1.807, 2.05) is 29.2 Å². The predicted molar refractivity (Wildman–Crippen MR) is 101 cm³/mol. The van der Waals surface area contributed by atoms with E-state index >= 15 is 0 Å². The number of hydrogen-bond acceptors (Lipinski definition) is 3. The highest BCUT2D eigenvalue weighted by atomic mass is 16.5. The molecule has 3 rings (SSSR count). The lowest BCUT2D eigenvalue weighted by molar-refractivity contribution is -0.131. The highest BCUT2D eigenvalue weighted by Gasteiger charge is 2.23. The lowest BCUT2D eigenvalue weighted by Crippen LogP contribution is -2.39. The molecule has 26 heavy (non-hydrogen) atoms. The van der Waals surface area contributed by atoms with E-state index in [0.29, 0.717) is 18.8 Å². The molecule has 1 heterocycles. The molecule has 138 valence electrons. The molecule has 0 bridgehead atoms. The summed E-state index contributed by atoms with van der Waals surface area (Å²) in [4.78, 5) is 25.7. The third kappa shape index (κ3) is 4.61. The Morgan fingerprint density at radius 2 is 1.81 bits per heavy atom. The molecule has 0 aromatic heterocycles. The Morgan fingerprint density at radius 3 is 2.58 bits per heavy atom. The average Bonchev–Trinajstić information content (AvgIpc) is 2.68. The zero-order valence-corrected chi connectivity index (χ0v) is 15.0. The smallest absolute Gasteiger partial charge is 0.243 e. The largest absolute Gasteiger partial charge is 0.342 e. The molecule has 1 aliphatic heterocycles. The number of likely N-dealkylation sites (tertiary alicyclic amines) is 1. The maximum absolute atomic E-state index is 12.7. The van der Waals surface area contributed by atoms with Gasteiger partial charge < -0.3 is 4.90 Å². The number of nitrogens with one attached hydrogen (secondary N) is 1. The van der Waals surface area contributed by atoms with E-state index in [4.69, 9.17) is 5.21 Å². The first-order chi connectivity index (χ1) is 12.7. The molecule has 1 fully saturated rings. The minimum Gasteiger partial charge on any atom is -0.342 e. The summed E-state index contributed by atoms with van der Waals surface area (Å²) in [6.07, 6.45) is 4.53. The number of piperidine rings is 1. The Morgan fingerprint density at radius 1 is 1.08 bits per heavy atom. The number of carbonyl (C=O) groups excluding carboxylic acids is 2. The number of nitrogens with zero attached hydrogens (tertiary/aromatic N) is 1. The molecule has 2 N–H and O–H groups in total. The lowest BCUT2D eigenvalue weighted by atomic mass is 9.91. The molecule has 1 saturated heterocycles. The van der Waals surface area contributed by atoms with Crippen LogP contribution in [-0.2, 0) is 16.0 Å². The lowest BCUT2D eigenvalue weighted by Gasteiger charge is -2.32. The summed E-state index contributed by atoms with van der Waals surface area (Å²) in [5.41, 5.74) is 2.76. The zero-order chi connectivity index (χ0) is 18.4. The fraction of sp³-hybridized carbons (Fsp3) is 0.429. The van der Waals surface area contributed by atoms with Crippen LogP contribution in [0, 0.1) is 5.92 Å². The van der Waals surface area contributed by atoms with Gasteiger partial charge in [0.2, 0.25) is 11.8 Å². The molecule has 0 spiro atoms. The van der Waals surface area contributed by atoms with Crippen LogP contribution in [0.25, 0.3) is 10.8 Å². The summed E-state index contributed by atoms with van der Waals surface area (Å²) in [6.45, 7) is 1.58. The number of carbonyl (C=O) groups is 2. The van der Waals surface area contributed by atoms with Gasteiger partial charge in [-0.15, -0.1) is 0 Å². The Labute approximate surface area is 154 Å². The van der Waals surface area contributed by atoms with Crippen LogP contribution < -0.4 is 5.48 Å². The molecule has 0 saturated carbocycles. The number of fused-ring (bicyclic) bond motifs is 1. The van der Waals surface area contributed by atoms with Crippen LogP contribution in [0.1, 0.15) is 37.7 Å². The van der Waals surface area contributed by atoms with Gasteiger partial charge in [-0.05, 0) is 47.9 Å². The third-order valence-electron chi connectivity index (χ3n) is 5.33. The zero-order valence-electron chi connectivity index (χ0n) is 15.0. The minimum absolute atomic E-state index is 0.194. The molecule has 5 nitrogen and oxygen atoms in total. The number of amides is 2. The Balaban J connectivity index is 1.50. The van der Waals surface area contributed by atoms with Crippen LogP contribution in [0.4, 0.5) is 0 Å². The molecule has 0 aliphatic carbocycles. The Hall–Kier alpha value is -2.40. The monoisotopic (exact) mass is 354 g/mol. The Kier molecular flexibility index (Phi) is 6.23. The average molecular weight is 354 g/mol. The van der Waals surface area contributed by atoms with Crippen molar-refractivity contribution in [3.63, 3.8) is 0 Å². The van der Waals surface area contributed by atoms with Gasteiger partial charge in [-0.1, -0.05) is 42.5 Å². The Bertz CT molecular complexity index is 761. The number of benzene rings is 2. The molecular weight excluding hydrogens is 328 g/mol. The highest BCUT2D eigenvalue weighted by Crippen LogP contribution is 2.24. The van der Waals surface area contributed by atoms with Gasteiger partial charge in [-0.25, -0.2) is 5.48 Å². The van der Waals surface area contributed by atoms with Crippen LogP contribution in [-0.4, -0.2) is 35.0 Å². The fourth-order valence-electron chi connectivity index (χ4n) is 3.80. The molecule has 2 aromatic carbocycles. The molecule has 0 unspecified atom stereocenters. The first-order valence-electron chi connectivity index (χ1n) is 9.34. The van der Waals surface area contributed by atoms with Crippen LogP contribution in [0.5, 0.6) is 0 Å². The van der Waals surface area contributed by atoms with E-state index < -0.39 is 0 Å². The first kappa shape index (κ1) is 18.4. The van der Waals surface area contributed by atoms with Crippen molar-refractivity contribution < 1.29 is 14.8 Å². The van der Waals surface area contributed by atoms with Gasteiger partial charge in [-0.2, -0.15) is 0 Å². The first-order valence-corrected chi connectivity index (χ1v) is 9.34. The maximum atomic E-state index is 12.7. The van der Waals surface area contributed by atoms with Crippen LogP contribution >= 0.6 is 0 Å². The molecule has 0 atom stereocenters. The molecule has 5 heteroatoms. The number of rotatable bonds is 6. The second kappa shape index (κ2) is 8.81. The second-order valence-electron chi connectivity index (χ2n) is 7.07. The number of hydrogen-bond donors (Lipinski definition) is 2. The molecule has 2 aromatic rings. The van der Waals surface area contributed by atoms with Gasteiger partial charge in [0.15, 0.2) is 0 Å². The van der Waals surface area contributed by atoms with Crippen molar-refractivity contribution in [2.75, 3.05) is 13.1 Å². The van der Waals surface area contributed by atoms with Gasteiger partial charge in [0.05, 0.1) is 6.42 Å². The van der Waals surface area contributed by atoms with Crippen LogP contribution in [0.15, 0.2) is 42.5 Å².